The standard InChI is InChI=1S/C19H16ClN5/c1-13-10-18(22-11-14-6-4-5-9-21-14)25-19(24-13)16(12-23-25)15-7-2-3-8-17(15)20/h2-10,12,22H,11H2,1H3. The molecule has 124 valence electrons. The fraction of sp³-hybridized carbons (Fsp3) is 0.105. The van der Waals surface area contributed by atoms with Crippen molar-refractivity contribution in [2.45, 2.75) is 13.5 Å². The summed E-state index contributed by atoms with van der Waals surface area (Å²) in [5.74, 6) is 0.867. The number of nitrogens with one attached hydrogen (secondary N) is 1. The fourth-order valence-corrected chi connectivity index (χ4v) is 3.00. The number of aromatic nitrogens is 4. The maximum absolute atomic E-state index is 6.35. The summed E-state index contributed by atoms with van der Waals surface area (Å²) in [6.45, 7) is 2.58. The molecule has 0 amide bonds. The molecule has 5 nitrogen and oxygen atoms in total. The van der Waals surface area contributed by atoms with Crippen molar-refractivity contribution in [3.8, 4) is 11.1 Å². The van der Waals surface area contributed by atoms with Crippen molar-refractivity contribution in [2.24, 2.45) is 0 Å². The second-order valence-electron chi connectivity index (χ2n) is 5.73. The molecule has 0 fully saturated rings. The second-order valence-corrected chi connectivity index (χ2v) is 6.14. The molecule has 0 saturated carbocycles. The van der Waals surface area contributed by atoms with Crippen LogP contribution in [-0.4, -0.2) is 19.6 Å². The van der Waals surface area contributed by atoms with Crippen molar-refractivity contribution in [3.63, 3.8) is 0 Å². The van der Waals surface area contributed by atoms with E-state index >= 15 is 0 Å². The summed E-state index contributed by atoms with van der Waals surface area (Å²) in [5.41, 5.74) is 4.48. The van der Waals surface area contributed by atoms with Gasteiger partial charge in [0.15, 0.2) is 5.65 Å². The van der Waals surface area contributed by atoms with Gasteiger partial charge >= 0.3 is 0 Å². The van der Waals surface area contributed by atoms with Gasteiger partial charge in [-0.05, 0) is 25.1 Å². The number of hydrogen-bond acceptors (Lipinski definition) is 4. The normalized spacial score (nSPS) is 11.0. The molecule has 3 heterocycles. The van der Waals surface area contributed by atoms with Crippen molar-refractivity contribution < 1.29 is 0 Å². The molecule has 0 aliphatic rings. The first kappa shape index (κ1) is 15.6. The zero-order chi connectivity index (χ0) is 17.2. The van der Waals surface area contributed by atoms with Gasteiger partial charge in [0, 0.05) is 34.1 Å². The van der Waals surface area contributed by atoms with Gasteiger partial charge in [-0.15, -0.1) is 0 Å². The molecule has 0 bridgehead atoms. The Labute approximate surface area is 150 Å². The molecule has 0 aliphatic carbocycles. The largest absolute Gasteiger partial charge is 0.364 e. The van der Waals surface area contributed by atoms with Crippen molar-refractivity contribution in [2.75, 3.05) is 5.32 Å². The van der Waals surface area contributed by atoms with Gasteiger partial charge in [-0.25, -0.2) is 4.98 Å². The van der Waals surface area contributed by atoms with Gasteiger partial charge in [-0.2, -0.15) is 9.61 Å². The molecule has 4 aromatic rings. The lowest BCUT2D eigenvalue weighted by molar-refractivity contribution is 0.909. The average Bonchev–Trinajstić information content (AvgIpc) is 3.04. The number of anilines is 1. The molecule has 1 N–H and O–H groups in total. The average molecular weight is 350 g/mol. The minimum absolute atomic E-state index is 0.612. The van der Waals surface area contributed by atoms with E-state index in [0.29, 0.717) is 11.6 Å². The minimum Gasteiger partial charge on any atom is -0.364 e. The topological polar surface area (TPSA) is 55.1 Å². The van der Waals surface area contributed by atoms with E-state index in [2.05, 4.69) is 20.4 Å². The van der Waals surface area contributed by atoms with Gasteiger partial charge in [-0.3, -0.25) is 4.98 Å². The Morgan fingerprint density at radius 1 is 1.08 bits per heavy atom. The highest BCUT2D eigenvalue weighted by Gasteiger charge is 2.14. The zero-order valence-electron chi connectivity index (χ0n) is 13.6. The number of benzene rings is 1. The number of halogens is 1. The molecule has 0 radical (unpaired) electrons. The van der Waals surface area contributed by atoms with Crippen LogP contribution in [0.15, 0.2) is 60.9 Å². The molecule has 3 aromatic heterocycles. The summed E-state index contributed by atoms with van der Waals surface area (Å²) in [4.78, 5) is 8.99. The van der Waals surface area contributed by atoms with Crippen molar-refractivity contribution in [1.82, 2.24) is 19.6 Å². The predicted octanol–water partition coefficient (Wildman–Crippen LogP) is 4.37. The Kier molecular flexibility index (Phi) is 4.07. The van der Waals surface area contributed by atoms with Gasteiger partial charge in [0.25, 0.3) is 0 Å². The van der Waals surface area contributed by atoms with E-state index < -0.39 is 0 Å². The van der Waals surface area contributed by atoms with Crippen LogP contribution in [0, 0.1) is 6.92 Å². The van der Waals surface area contributed by atoms with Gasteiger partial charge in [-0.1, -0.05) is 35.9 Å². The van der Waals surface area contributed by atoms with Crippen LogP contribution in [-0.2, 0) is 6.54 Å². The smallest absolute Gasteiger partial charge is 0.165 e. The summed E-state index contributed by atoms with van der Waals surface area (Å²) >= 11 is 6.35. The van der Waals surface area contributed by atoms with Crippen LogP contribution in [0.3, 0.4) is 0 Å². The van der Waals surface area contributed by atoms with Crippen LogP contribution in [0.2, 0.25) is 5.02 Å². The van der Waals surface area contributed by atoms with E-state index in [4.69, 9.17) is 11.6 Å². The molecular weight excluding hydrogens is 334 g/mol. The number of hydrogen-bond donors (Lipinski definition) is 1. The highest BCUT2D eigenvalue weighted by atomic mass is 35.5. The van der Waals surface area contributed by atoms with Crippen LogP contribution in [0.4, 0.5) is 5.82 Å². The molecule has 6 heteroatoms. The van der Waals surface area contributed by atoms with Gasteiger partial charge < -0.3 is 5.32 Å². The number of fused-ring (bicyclic) bond motifs is 1. The summed E-state index contributed by atoms with van der Waals surface area (Å²) in [5, 5.41) is 8.58. The third-order valence-electron chi connectivity index (χ3n) is 3.94. The number of pyridine rings is 1. The summed E-state index contributed by atoms with van der Waals surface area (Å²) in [6, 6.07) is 15.6. The molecule has 25 heavy (non-hydrogen) atoms. The maximum Gasteiger partial charge on any atom is 0.165 e. The molecule has 0 spiro atoms. The summed E-state index contributed by atoms with van der Waals surface area (Å²) in [7, 11) is 0. The molecule has 0 aliphatic heterocycles. The third-order valence-corrected chi connectivity index (χ3v) is 4.27. The fourth-order valence-electron chi connectivity index (χ4n) is 2.76. The predicted molar refractivity (Wildman–Crippen MR) is 99.7 cm³/mol. The summed E-state index contributed by atoms with van der Waals surface area (Å²) in [6.07, 6.45) is 3.59. The first-order chi connectivity index (χ1) is 12.2. The van der Waals surface area contributed by atoms with E-state index in [1.807, 2.05) is 55.5 Å². The lowest BCUT2D eigenvalue weighted by Gasteiger charge is -2.09. The SMILES string of the molecule is Cc1cc(NCc2ccccn2)n2ncc(-c3ccccc3Cl)c2n1. The first-order valence-electron chi connectivity index (χ1n) is 7.96. The van der Waals surface area contributed by atoms with E-state index in [1.54, 1.807) is 16.9 Å². The minimum atomic E-state index is 0.612. The molecule has 1 aromatic carbocycles. The van der Waals surface area contributed by atoms with Crippen molar-refractivity contribution >= 4 is 23.1 Å². The molecule has 0 atom stereocenters. The Hall–Kier alpha value is -2.92. The van der Waals surface area contributed by atoms with Crippen molar-refractivity contribution in [3.05, 3.63) is 77.3 Å². The Morgan fingerprint density at radius 2 is 1.92 bits per heavy atom. The monoisotopic (exact) mass is 349 g/mol. The highest BCUT2D eigenvalue weighted by molar-refractivity contribution is 6.33. The van der Waals surface area contributed by atoms with Gasteiger partial charge in [0.2, 0.25) is 0 Å². The Morgan fingerprint density at radius 3 is 2.72 bits per heavy atom. The van der Waals surface area contributed by atoms with Crippen LogP contribution in [0.5, 0.6) is 0 Å². The molecule has 0 unspecified atom stereocenters. The van der Waals surface area contributed by atoms with Gasteiger partial charge in [0.05, 0.1) is 18.4 Å². The third kappa shape index (κ3) is 3.06. The van der Waals surface area contributed by atoms with Crippen LogP contribution in [0.25, 0.3) is 16.8 Å². The maximum atomic E-state index is 6.35. The first-order valence-corrected chi connectivity index (χ1v) is 8.34. The van der Waals surface area contributed by atoms with Crippen LogP contribution >= 0.6 is 11.6 Å². The number of aryl methyl sites for hydroxylation is 1. The van der Waals surface area contributed by atoms with E-state index in [1.165, 1.54) is 0 Å². The molecular formula is C19H16ClN5. The molecule has 0 saturated heterocycles. The number of nitrogens with zero attached hydrogens (tertiary/aromatic N) is 4. The van der Waals surface area contributed by atoms with Crippen molar-refractivity contribution in [1.29, 1.82) is 0 Å². The van der Waals surface area contributed by atoms with E-state index in [9.17, 15) is 0 Å². The molecule has 4 rings (SSSR count). The lowest BCUT2D eigenvalue weighted by Crippen LogP contribution is -2.07. The quantitative estimate of drug-likeness (QED) is 0.594. The zero-order valence-corrected chi connectivity index (χ0v) is 14.4. The van der Waals surface area contributed by atoms with Crippen LogP contribution < -0.4 is 5.32 Å². The highest BCUT2D eigenvalue weighted by Crippen LogP contribution is 2.31. The summed E-state index contributed by atoms with van der Waals surface area (Å²) < 4.78 is 1.80. The Bertz CT molecular complexity index is 1030. The number of rotatable bonds is 4. The second kappa shape index (κ2) is 6.53. The van der Waals surface area contributed by atoms with E-state index in [0.717, 1.165) is 34.0 Å². The van der Waals surface area contributed by atoms with Crippen LogP contribution in [0.1, 0.15) is 11.4 Å². The lowest BCUT2D eigenvalue weighted by atomic mass is 10.1. The van der Waals surface area contributed by atoms with E-state index in [-0.39, 0.29) is 0 Å². The Balaban J connectivity index is 1.75. The van der Waals surface area contributed by atoms with Gasteiger partial charge in [0.1, 0.15) is 5.82 Å².